The van der Waals surface area contributed by atoms with Crippen molar-refractivity contribution in [2.45, 2.75) is 20.3 Å². The standard InChI is InChI=1S/C14H18NO.HI/c1-5-14-13-7-6-12(16-4)9-11(13)8-10(2)15(14)3;/h6-9H,5H2,1-4H3;1H/q+1;/p-1. The second kappa shape index (κ2) is 5.67. The van der Waals surface area contributed by atoms with Crippen LogP contribution in [0.25, 0.3) is 10.8 Å². The zero-order chi connectivity index (χ0) is 11.7. The Balaban J connectivity index is 0.00000144. The second-order valence-electron chi connectivity index (χ2n) is 4.10. The lowest BCUT2D eigenvalue weighted by Crippen LogP contribution is -3.00. The SMILES string of the molecule is CCc1c2ccc(OC)cc2cc(C)[n+]1C.[I-]. The zero-order valence-corrected chi connectivity index (χ0v) is 12.9. The van der Waals surface area contributed by atoms with Crippen molar-refractivity contribution in [1.29, 1.82) is 0 Å². The monoisotopic (exact) mass is 343 g/mol. The number of aromatic nitrogens is 1. The summed E-state index contributed by atoms with van der Waals surface area (Å²) in [6.07, 6.45) is 1.04. The van der Waals surface area contributed by atoms with E-state index in [0.717, 1.165) is 12.2 Å². The van der Waals surface area contributed by atoms with E-state index in [0.29, 0.717) is 0 Å². The van der Waals surface area contributed by atoms with E-state index in [9.17, 15) is 0 Å². The molecule has 0 unspecified atom stereocenters. The van der Waals surface area contributed by atoms with E-state index in [1.165, 1.54) is 22.2 Å². The summed E-state index contributed by atoms with van der Waals surface area (Å²) in [6, 6.07) is 8.47. The lowest BCUT2D eigenvalue weighted by molar-refractivity contribution is -0.683. The molecule has 2 nitrogen and oxygen atoms in total. The van der Waals surface area contributed by atoms with E-state index in [2.05, 4.69) is 43.7 Å². The van der Waals surface area contributed by atoms with E-state index < -0.39 is 0 Å². The summed E-state index contributed by atoms with van der Waals surface area (Å²) in [7, 11) is 3.83. The molecule has 0 spiro atoms. The van der Waals surface area contributed by atoms with Crippen LogP contribution in [-0.2, 0) is 13.5 Å². The van der Waals surface area contributed by atoms with E-state index in [1.807, 2.05) is 6.07 Å². The smallest absolute Gasteiger partial charge is 0.188 e. The number of rotatable bonds is 2. The number of benzene rings is 1. The maximum atomic E-state index is 5.26. The molecule has 0 bridgehead atoms. The van der Waals surface area contributed by atoms with Gasteiger partial charge >= 0.3 is 0 Å². The molecule has 2 aromatic rings. The van der Waals surface area contributed by atoms with Crippen LogP contribution in [-0.4, -0.2) is 7.11 Å². The van der Waals surface area contributed by atoms with Crippen molar-refractivity contribution >= 4 is 10.8 Å². The van der Waals surface area contributed by atoms with Crippen molar-refractivity contribution in [2.75, 3.05) is 7.11 Å². The minimum atomic E-state index is 0. The van der Waals surface area contributed by atoms with Gasteiger partial charge in [-0.15, -0.1) is 0 Å². The summed E-state index contributed by atoms with van der Waals surface area (Å²) in [5, 5.41) is 2.57. The lowest BCUT2D eigenvalue weighted by Gasteiger charge is -2.07. The first-order valence-corrected chi connectivity index (χ1v) is 5.63. The van der Waals surface area contributed by atoms with Crippen molar-refractivity contribution in [2.24, 2.45) is 7.05 Å². The molecule has 0 aliphatic heterocycles. The van der Waals surface area contributed by atoms with Crippen LogP contribution in [0.3, 0.4) is 0 Å². The fraction of sp³-hybridized carbons (Fsp3) is 0.357. The normalized spacial score (nSPS) is 10.1. The number of halogens is 1. The van der Waals surface area contributed by atoms with Crippen LogP contribution in [0.15, 0.2) is 24.3 Å². The van der Waals surface area contributed by atoms with Crippen LogP contribution < -0.4 is 33.3 Å². The summed E-state index contributed by atoms with van der Waals surface area (Å²) in [4.78, 5) is 0. The van der Waals surface area contributed by atoms with Gasteiger partial charge in [0.1, 0.15) is 12.8 Å². The first-order valence-electron chi connectivity index (χ1n) is 5.63. The quantitative estimate of drug-likeness (QED) is 0.532. The minimum absolute atomic E-state index is 0. The number of methoxy groups -OCH3 is 1. The van der Waals surface area contributed by atoms with Gasteiger partial charge in [-0.3, -0.25) is 0 Å². The Bertz CT molecular complexity index is 537. The first-order chi connectivity index (χ1) is 7.67. The third-order valence-electron chi connectivity index (χ3n) is 3.20. The Morgan fingerprint density at radius 3 is 2.53 bits per heavy atom. The number of pyridine rings is 1. The van der Waals surface area contributed by atoms with Crippen molar-refractivity contribution in [1.82, 2.24) is 0 Å². The molecule has 0 radical (unpaired) electrons. The van der Waals surface area contributed by atoms with Crippen molar-refractivity contribution in [3.63, 3.8) is 0 Å². The molecular weight excluding hydrogens is 325 g/mol. The highest BCUT2D eigenvalue weighted by Gasteiger charge is 2.13. The highest BCUT2D eigenvalue weighted by Crippen LogP contribution is 2.22. The first kappa shape index (κ1) is 14.2. The topological polar surface area (TPSA) is 13.1 Å². The highest BCUT2D eigenvalue weighted by molar-refractivity contribution is 5.85. The summed E-state index contributed by atoms with van der Waals surface area (Å²) >= 11 is 0. The van der Waals surface area contributed by atoms with Gasteiger partial charge in [0.25, 0.3) is 0 Å². The summed E-state index contributed by atoms with van der Waals surface area (Å²) in [5.41, 5.74) is 2.65. The molecule has 0 atom stereocenters. The van der Waals surface area contributed by atoms with Crippen molar-refractivity contribution < 1.29 is 33.3 Å². The molecule has 0 saturated heterocycles. The van der Waals surface area contributed by atoms with Crippen LogP contribution in [0, 0.1) is 6.92 Å². The predicted molar refractivity (Wildman–Crippen MR) is 65.8 cm³/mol. The molecule has 0 fully saturated rings. The third kappa shape index (κ3) is 2.54. The summed E-state index contributed by atoms with van der Waals surface area (Å²) in [6.45, 7) is 4.33. The Morgan fingerprint density at radius 2 is 1.94 bits per heavy atom. The Hall–Kier alpha value is -0.840. The molecule has 0 saturated carbocycles. The van der Waals surface area contributed by atoms with Crippen molar-refractivity contribution in [3.05, 3.63) is 35.7 Å². The minimum Gasteiger partial charge on any atom is -1.00 e. The molecule has 0 aliphatic carbocycles. The molecule has 17 heavy (non-hydrogen) atoms. The van der Waals surface area contributed by atoms with Gasteiger partial charge in [-0.2, -0.15) is 0 Å². The Labute approximate surface area is 120 Å². The molecule has 3 heteroatoms. The largest absolute Gasteiger partial charge is 1.00 e. The highest BCUT2D eigenvalue weighted by atomic mass is 127. The number of aryl methyl sites for hydroxylation is 2. The van der Waals surface area contributed by atoms with Crippen LogP contribution in [0.4, 0.5) is 0 Å². The number of ether oxygens (including phenoxy) is 1. The Morgan fingerprint density at radius 1 is 1.24 bits per heavy atom. The molecule has 0 aliphatic rings. The van der Waals surface area contributed by atoms with Crippen LogP contribution >= 0.6 is 0 Å². The molecular formula is C14H18INO. The Kier molecular flexibility index (Phi) is 4.74. The van der Waals surface area contributed by atoms with E-state index in [-0.39, 0.29) is 24.0 Å². The van der Waals surface area contributed by atoms with Crippen LogP contribution in [0.2, 0.25) is 0 Å². The average Bonchev–Trinajstić information content (AvgIpc) is 2.30. The van der Waals surface area contributed by atoms with E-state index in [4.69, 9.17) is 4.74 Å². The number of fused-ring (bicyclic) bond motifs is 1. The molecule has 0 N–H and O–H groups in total. The molecule has 1 aromatic carbocycles. The van der Waals surface area contributed by atoms with E-state index in [1.54, 1.807) is 7.11 Å². The predicted octanol–water partition coefficient (Wildman–Crippen LogP) is -0.452. The molecule has 2 rings (SSSR count). The second-order valence-corrected chi connectivity index (χ2v) is 4.10. The maximum absolute atomic E-state index is 5.26. The fourth-order valence-electron chi connectivity index (χ4n) is 2.19. The van der Waals surface area contributed by atoms with Gasteiger partial charge in [0, 0.05) is 24.8 Å². The van der Waals surface area contributed by atoms with Gasteiger partial charge in [-0.25, -0.2) is 4.57 Å². The number of nitrogens with zero attached hydrogens (tertiary/aromatic N) is 1. The third-order valence-corrected chi connectivity index (χ3v) is 3.20. The van der Waals surface area contributed by atoms with Gasteiger partial charge in [0.2, 0.25) is 0 Å². The fourth-order valence-corrected chi connectivity index (χ4v) is 2.19. The van der Waals surface area contributed by atoms with Gasteiger partial charge in [0.15, 0.2) is 11.4 Å². The lowest BCUT2D eigenvalue weighted by atomic mass is 10.1. The van der Waals surface area contributed by atoms with Crippen LogP contribution in [0.5, 0.6) is 5.75 Å². The van der Waals surface area contributed by atoms with Gasteiger partial charge in [-0.05, 0) is 23.6 Å². The zero-order valence-electron chi connectivity index (χ0n) is 10.7. The van der Waals surface area contributed by atoms with Gasteiger partial charge < -0.3 is 28.7 Å². The number of hydrogen-bond acceptors (Lipinski definition) is 1. The van der Waals surface area contributed by atoms with Crippen LogP contribution in [0.1, 0.15) is 18.3 Å². The van der Waals surface area contributed by atoms with Gasteiger partial charge in [-0.1, -0.05) is 6.92 Å². The molecule has 0 amide bonds. The number of hydrogen-bond donors (Lipinski definition) is 0. The maximum Gasteiger partial charge on any atom is 0.188 e. The van der Waals surface area contributed by atoms with Crippen molar-refractivity contribution in [3.8, 4) is 5.75 Å². The molecule has 1 heterocycles. The molecule has 1 aromatic heterocycles. The van der Waals surface area contributed by atoms with Gasteiger partial charge in [0.05, 0.1) is 7.11 Å². The average molecular weight is 343 g/mol. The van der Waals surface area contributed by atoms with E-state index >= 15 is 0 Å². The molecule has 92 valence electrons. The summed E-state index contributed by atoms with van der Waals surface area (Å²) < 4.78 is 7.52. The summed E-state index contributed by atoms with van der Waals surface area (Å²) in [5.74, 6) is 0.919.